The zero-order valence-corrected chi connectivity index (χ0v) is 17.3. The van der Waals surface area contributed by atoms with Crippen LogP contribution in [0.2, 0.25) is 0 Å². The minimum Gasteiger partial charge on any atom is -0.481 e. The molecule has 150 valence electrons. The minimum atomic E-state index is -0.477. The van der Waals surface area contributed by atoms with Gasteiger partial charge in [0, 0.05) is 13.1 Å². The van der Waals surface area contributed by atoms with E-state index < -0.39 is 6.10 Å². The lowest BCUT2D eigenvalue weighted by molar-refractivity contribution is -0.128. The number of likely N-dealkylation sites (tertiary alicyclic amines) is 1. The first-order chi connectivity index (χ1) is 13.5. The molecule has 2 aromatic rings. The SMILES string of the molecule is CC[C@H](Oc1ccc(C)c(C)c1)C(=O)NCc1cccc(CN2CCCC2)c1. The summed E-state index contributed by atoms with van der Waals surface area (Å²) in [5.74, 6) is 0.684. The van der Waals surface area contributed by atoms with Crippen LogP contribution in [0.25, 0.3) is 0 Å². The highest BCUT2D eigenvalue weighted by Crippen LogP contribution is 2.19. The molecule has 3 rings (SSSR count). The number of ether oxygens (including phenoxy) is 1. The Kier molecular flexibility index (Phi) is 7.10. The highest BCUT2D eigenvalue weighted by atomic mass is 16.5. The van der Waals surface area contributed by atoms with Crippen LogP contribution in [0, 0.1) is 13.8 Å². The molecule has 1 heterocycles. The Morgan fingerprint density at radius 2 is 1.82 bits per heavy atom. The van der Waals surface area contributed by atoms with Crippen molar-refractivity contribution in [3.63, 3.8) is 0 Å². The first kappa shape index (κ1) is 20.4. The smallest absolute Gasteiger partial charge is 0.261 e. The largest absolute Gasteiger partial charge is 0.481 e. The zero-order valence-electron chi connectivity index (χ0n) is 17.3. The Bertz CT molecular complexity index is 797. The van der Waals surface area contributed by atoms with Gasteiger partial charge < -0.3 is 10.1 Å². The van der Waals surface area contributed by atoms with Crippen molar-refractivity contribution in [1.29, 1.82) is 0 Å². The summed E-state index contributed by atoms with van der Waals surface area (Å²) in [5.41, 5.74) is 4.83. The zero-order chi connectivity index (χ0) is 19.9. The molecule has 1 amide bonds. The first-order valence-electron chi connectivity index (χ1n) is 10.4. The number of nitrogens with zero attached hydrogens (tertiary/aromatic N) is 1. The van der Waals surface area contributed by atoms with Crippen molar-refractivity contribution in [2.75, 3.05) is 13.1 Å². The molecule has 1 aliphatic rings. The van der Waals surface area contributed by atoms with Gasteiger partial charge in [-0.3, -0.25) is 9.69 Å². The summed E-state index contributed by atoms with van der Waals surface area (Å²) < 4.78 is 5.94. The van der Waals surface area contributed by atoms with E-state index >= 15 is 0 Å². The van der Waals surface area contributed by atoms with Gasteiger partial charge in [-0.05, 0) is 80.6 Å². The second kappa shape index (κ2) is 9.74. The fourth-order valence-electron chi connectivity index (χ4n) is 3.61. The van der Waals surface area contributed by atoms with Crippen LogP contribution in [0.3, 0.4) is 0 Å². The predicted molar refractivity (Wildman–Crippen MR) is 113 cm³/mol. The predicted octanol–water partition coefficient (Wildman–Crippen LogP) is 4.37. The average Bonchev–Trinajstić information content (AvgIpc) is 3.20. The minimum absolute atomic E-state index is 0.0642. The van der Waals surface area contributed by atoms with Crippen LogP contribution in [-0.2, 0) is 17.9 Å². The van der Waals surface area contributed by atoms with Gasteiger partial charge in [-0.25, -0.2) is 0 Å². The summed E-state index contributed by atoms with van der Waals surface area (Å²) >= 11 is 0. The number of amides is 1. The summed E-state index contributed by atoms with van der Waals surface area (Å²) in [6, 6.07) is 14.5. The molecule has 0 saturated carbocycles. The van der Waals surface area contributed by atoms with Gasteiger partial charge in [0.05, 0.1) is 0 Å². The summed E-state index contributed by atoms with van der Waals surface area (Å²) in [4.78, 5) is 15.1. The molecule has 4 nitrogen and oxygen atoms in total. The highest BCUT2D eigenvalue weighted by molar-refractivity contribution is 5.81. The Hall–Kier alpha value is -2.33. The van der Waals surface area contributed by atoms with Crippen molar-refractivity contribution >= 4 is 5.91 Å². The van der Waals surface area contributed by atoms with Crippen molar-refractivity contribution in [2.45, 2.75) is 59.2 Å². The number of benzene rings is 2. The molecule has 0 spiro atoms. The van der Waals surface area contributed by atoms with E-state index in [4.69, 9.17) is 4.74 Å². The van der Waals surface area contributed by atoms with Crippen LogP contribution >= 0.6 is 0 Å². The summed E-state index contributed by atoms with van der Waals surface area (Å²) in [7, 11) is 0. The highest BCUT2D eigenvalue weighted by Gasteiger charge is 2.18. The third kappa shape index (κ3) is 5.59. The molecule has 0 aliphatic carbocycles. The number of nitrogens with one attached hydrogen (secondary N) is 1. The van der Waals surface area contributed by atoms with E-state index in [0.717, 1.165) is 17.9 Å². The number of hydrogen-bond donors (Lipinski definition) is 1. The molecule has 0 radical (unpaired) electrons. The average molecular weight is 381 g/mol. The number of carbonyl (C=O) groups excluding carboxylic acids is 1. The Labute approximate surface area is 168 Å². The van der Waals surface area contributed by atoms with Gasteiger partial charge in [-0.1, -0.05) is 37.3 Å². The van der Waals surface area contributed by atoms with Crippen LogP contribution in [0.1, 0.15) is 48.4 Å². The monoisotopic (exact) mass is 380 g/mol. The molecule has 1 saturated heterocycles. The second-order valence-electron chi connectivity index (χ2n) is 7.78. The van der Waals surface area contributed by atoms with Crippen LogP contribution in [0.4, 0.5) is 0 Å². The van der Waals surface area contributed by atoms with E-state index in [1.807, 2.05) is 25.1 Å². The van der Waals surface area contributed by atoms with Gasteiger partial charge in [0.1, 0.15) is 5.75 Å². The lowest BCUT2D eigenvalue weighted by Crippen LogP contribution is -2.37. The van der Waals surface area contributed by atoms with Crippen LogP contribution in [-0.4, -0.2) is 30.0 Å². The van der Waals surface area contributed by atoms with Crippen molar-refractivity contribution in [1.82, 2.24) is 10.2 Å². The molecule has 2 aromatic carbocycles. The van der Waals surface area contributed by atoms with Crippen molar-refractivity contribution in [3.05, 3.63) is 64.7 Å². The van der Waals surface area contributed by atoms with E-state index in [0.29, 0.717) is 13.0 Å². The topological polar surface area (TPSA) is 41.6 Å². The molecule has 0 unspecified atom stereocenters. The van der Waals surface area contributed by atoms with Crippen molar-refractivity contribution < 1.29 is 9.53 Å². The van der Waals surface area contributed by atoms with Crippen LogP contribution < -0.4 is 10.1 Å². The second-order valence-corrected chi connectivity index (χ2v) is 7.78. The third-order valence-electron chi connectivity index (χ3n) is 5.48. The number of carbonyl (C=O) groups is 1. The summed E-state index contributed by atoms with van der Waals surface area (Å²) in [6.07, 6.45) is 2.76. The lowest BCUT2D eigenvalue weighted by atomic mass is 10.1. The molecular weight excluding hydrogens is 348 g/mol. The maximum atomic E-state index is 12.6. The molecule has 0 aromatic heterocycles. The summed E-state index contributed by atoms with van der Waals surface area (Å²) in [6.45, 7) is 10.00. The van der Waals surface area contributed by atoms with Gasteiger partial charge >= 0.3 is 0 Å². The van der Waals surface area contributed by atoms with Gasteiger partial charge in [-0.15, -0.1) is 0 Å². The molecule has 1 atom stereocenters. The van der Waals surface area contributed by atoms with Crippen LogP contribution in [0.5, 0.6) is 5.75 Å². The summed E-state index contributed by atoms with van der Waals surface area (Å²) in [5, 5.41) is 3.04. The molecule has 0 bridgehead atoms. The quantitative estimate of drug-likeness (QED) is 0.739. The van der Waals surface area contributed by atoms with E-state index in [1.165, 1.54) is 42.6 Å². The molecule has 4 heteroatoms. The third-order valence-corrected chi connectivity index (χ3v) is 5.48. The van der Waals surface area contributed by atoms with E-state index in [9.17, 15) is 4.79 Å². The normalized spacial score (nSPS) is 15.4. The standard InChI is InChI=1S/C24H32N2O2/c1-4-23(28-22-11-10-18(2)19(3)14-22)24(27)25-16-20-8-7-9-21(15-20)17-26-12-5-6-13-26/h7-11,14-15,23H,4-6,12-13,16-17H2,1-3H3,(H,25,27)/t23-/m0/s1. The van der Waals surface area contributed by atoms with Gasteiger partial charge in [0.25, 0.3) is 5.91 Å². The van der Waals surface area contributed by atoms with E-state index in [-0.39, 0.29) is 5.91 Å². The maximum absolute atomic E-state index is 12.6. The number of hydrogen-bond acceptors (Lipinski definition) is 3. The maximum Gasteiger partial charge on any atom is 0.261 e. The number of rotatable bonds is 8. The molecular formula is C24H32N2O2. The molecule has 1 fully saturated rings. The van der Waals surface area contributed by atoms with Gasteiger partial charge in [-0.2, -0.15) is 0 Å². The Balaban J connectivity index is 1.55. The first-order valence-corrected chi connectivity index (χ1v) is 10.4. The van der Waals surface area contributed by atoms with Crippen molar-refractivity contribution in [2.24, 2.45) is 0 Å². The number of aryl methyl sites for hydroxylation is 2. The Morgan fingerprint density at radius 1 is 1.07 bits per heavy atom. The van der Waals surface area contributed by atoms with E-state index in [2.05, 4.69) is 48.3 Å². The fourth-order valence-corrected chi connectivity index (χ4v) is 3.61. The van der Waals surface area contributed by atoms with Gasteiger partial charge in [0.15, 0.2) is 6.10 Å². The Morgan fingerprint density at radius 3 is 2.54 bits per heavy atom. The van der Waals surface area contributed by atoms with Crippen LogP contribution in [0.15, 0.2) is 42.5 Å². The lowest BCUT2D eigenvalue weighted by Gasteiger charge is -2.18. The van der Waals surface area contributed by atoms with Crippen molar-refractivity contribution in [3.8, 4) is 5.75 Å². The van der Waals surface area contributed by atoms with E-state index in [1.54, 1.807) is 0 Å². The molecule has 1 aliphatic heterocycles. The fraction of sp³-hybridized carbons (Fsp3) is 0.458. The molecule has 1 N–H and O–H groups in total. The molecule has 28 heavy (non-hydrogen) atoms. The van der Waals surface area contributed by atoms with Gasteiger partial charge in [0.2, 0.25) is 0 Å².